The van der Waals surface area contributed by atoms with Gasteiger partial charge in [-0.15, -0.1) is 0 Å². The predicted octanol–water partition coefficient (Wildman–Crippen LogP) is 11.4. The normalized spacial score (nSPS) is 28.4. The lowest BCUT2D eigenvalue weighted by molar-refractivity contribution is 0.224. The van der Waals surface area contributed by atoms with Gasteiger partial charge in [0.1, 0.15) is 0 Å². The van der Waals surface area contributed by atoms with Crippen molar-refractivity contribution < 1.29 is 0 Å². The lowest BCUT2D eigenvalue weighted by atomic mass is 9.89. The van der Waals surface area contributed by atoms with Crippen LogP contribution in [0.4, 0.5) is 5.69 Å². The fourth-order valence-electron chi connectivity index (χ4n) is 9.88. The van der Waals surface area contributed by atoms with Gasteiger partial charge in [0.05, 0.1) is 30.2 Å². The number of nitrogens with one attached hydrogen (secondary N) is 3. The van der Waals surface area contributed by atoms with E-state index in [9.17, 15) is 0 Å². The lowest BCUT2D eigenvalue weighted by Gasteiger charge is -2.52. The molecule has 0 radical (unpaired) electrons. The van der Waals surface area contributed by atoms with Crippen LogP contribution in [0, 0.1) is 5.92 Å². The van der Waals surface area contributed by atoms with Gasteiger partial charge in [0, 0.05) is 21.8 Å². The Hall–Kier alpha value is -5.17. The first-order chi connectivity index (χ1) is 27.8. The highest BCUT2D eigenvalue weighted by Crippen LogP contribution is 2.76. The van der Waals surface area contributed by atoms with E-state index in [1.807, 2.05) is 0 Å². The summed E-state index contributed by atoms with van der Waals surface area (Å²) in [5.41, 5.74) is 8.05. The number of fused-ring (bicyclic) bond motifs is 3. The predicted molar refractivity (Wildman–Crippen MR) is 235 cm³/mol. The van der Waals surface area contributed by atoms with Gasteiger partial charge < -0.3 is 4.90 Å². The van der Waals surface area contributed by atoms with Crippen LogP contribution in [0.2, 0.25) is 0 Å². The fraction of sp³-hybridized carbons (Fsp3) is 0.216. The van der Waals surface area contributed by atoms with Crippen molar-refractivity contribution in [3.05, 3.63) is 226 Å². The Labute approximate surface area is 333 Å². The third kappa shape index (κ3) is 6.24. The Morgan fingerprint density at radius 3 is 1.88 bits per heavy atom. The van der Waals surface area contributed by atoms with Crippen LogP contribution in [0.3, 0.4) is 0 Å². The standard InChI is InChI=1S/C51H50N4S/c1-6-19-37(20-7-1)49-52-50(38-21-8-2-9-22-38)54-51(53-49)39-33-35-43(36-34-39)56(41-25-12-4-13-26-41,42-27-14-5-15-28-42)47-32-18-30-45-44-29-16-17-31-46(44)55(48(45)47)40-23-10-3-11-24-40/h1-14,16-17,19-27,29-31,33-35,43-44,46,49-54H,15,18,28,32,36H2. The highest BCUT2D eigenvalue weighted by molar-refractivity contribution is 8.40. The molecular weight excluding hydrogens is 701 g/mol. The molecule has 56 heavy (non-hydrogen) atoms. The summed E-state index contributed by atoms with van der Waals surface area (Å²) in [6.07, 6.45) is 32.1. The smallest absolute Gasteiger partial charge is 0.0864 e. The summed E-state index contributed by atoms with van der Waals surface area (Å²) in [4.78, 5) is 7.46. The zero-order chi connectivity index (χ0) is 37.3. The second-order valence-electron chi connectivity index (χ2n) is 15.5. The van der Waals surface area contributed by atoms with Gasteiger partial charge in [0.25, 0.3) is 0 Å². The molecule has 0 amide bonds. The van der Waals surface area contributed by atoms with Gasteiger partial charge in [-0.3, -0.25) is 16.0 Å². The van der Waals surface area contributed by atoms with E-state index in [-0.39, 0.29) is 24.5 Å². The van der Waals surface area contributed by atoms with Gasteiger partial charge in [-0.1, -0.05) is 164 Å². The second-order valence-corrected chi connectivity index (χ2v) is 18.9. The molecule has 3 N–H and O–H groups in total. The van der Waals surface area contributed by atoms with Crippen LogP contribution in [0.15, 0.2) is 220 Å². The minimum absolute atomic E-state index is 0.00488. The summed E-state index contributed by atoms with van der Waals surface area (Å²) in [6, 6.07) is 44.7. The Balaban J connectivity index is 1.10. The van der Waals surface area contributed by atoms with E-state index in [1.165, 1.54) is 38.6 Å². The number of hydrogen-bond acceptors (Lipinski definition) is 4. The van der Waals surface area contributed by atoms with Crippen molar-refractivity contribution in [3.63, 3.8) is 0 Å². The summed E-state index contributed by atoms with van der Waals surface area (Å²) in [5.74, 6) is 0.346. The molecule has 6 unspecified atom stereocenters. The van der Waals surface area contributed by atoms with E-state index in [0.29, 0.717) is 11.2 Å². The van der Waals surface area contributed by atoms with E-state index < -0.39 is 10.0 Å². The van der Waals surface area contributed by atoms with Crippen LogP contribution in [0.1, 0.15) is 55.6 Å². The third-order valence-electron chi connectivity index (χ3n) is 12.3. The molecule has 4 aliphatic carbocycles. The summed E-state index contributed by atoms with van der Waals surface area (Å²) >= 11 is 0. The van der Waals surface area contributed by atoms with Crippen molar-refractivity contribution in [2.24, 2.45) is 5.92 Å². The van der Waals surface area contributed by atoms with Gasteiger partial charge in [-0.05, 0) is 88.4 Å². The lowest BCUT2D eigenvalue weighted by Crippen LogP contribution is -2.59. The number of para-hydroxylation sites is 1. The largest absolute Gasteiger partial charge is 0.333 e. The molecular formula is C51H50N4S. The zero-order valence-electron chi connectivity index (χ0n) is 31.8. The van der Waals surface area contributed by atoms with Crippen molar-refractivity contribution in [1.29, 1.82) is 0 Å². The molecule has 280 valence electrons. The second kappa shape index (κ2) is 15.4. The monoisotopic (exact) mass is 750 g/mol. The molecule has 4 aromatic carbocycles. The molecule has 2 aliphatic heterocycles. The number of allylic oxidation sites excluding steroid dienone is 10. The quantitative estimate of drug-likeness (QED) is 0.168. The molecule has 2 fully saturated rings. The molecule has 0 spiro atoms. The number of nitrogens with zero attached hydrogens (tertiary/aromatic N) is 1. The van der Waals surface area contributed by atoms with Gasteiger partial charge in [-0.2, -0.15) is 10.0 Å². The van der Waals surface area contributed by atoms with E-state index in [0.717, 1.165) is 32.1 Å². The number of hydrogen-bond donors (Lipinski definition) is 3. The van der Waals surface area contributed by atoms with Crippen LogP contribution in [0.25, 0.3) is 0 Å². The minimum Gasteiger partial charge on any atom is -0.333 e. The maximum atomic E-state index is 3.94. The molecule has 4 aromatic rings. The molecule has 6 aliphatic rings. The summed E-state index contributed by atoms with van der Waals surface area (Å²) < 4.78 is 0. The topological polar surface area (TPSA) is 39.3 Å². The average molecular weight is 751 g/mol. The summed E-state index contributed by atoms with van der Waals surface area (Å²) in [5, 5.41) is 12.0. The van der Waals surface area contributed by atoms with E-state index in [1.54, 1.807) is 9.81 Å². The van der Waals surface area contributed by atoms with E-state index >= 15 is 0 Å². The van der Waals surface area contributed by atoms with Gasteiger partial charge in [0.15, 0.2) is 0 Å². The highest BCUT2D eigenvalue weighted by Gasteiger charge is 2.49. The Morgan fingerprint density at radius 2 is 1.23 bits per heavy atom. The SMILES string of the molecule is C1=CCCC(S(C2=C3C(=CCC2)C2C=CC=CC2N3c2ccccc2)(c2ccccc2)C2C=CC(C3NC(c4ccccc4)NC(c4ccccc4)N3)=CC2)=C1. The molecule has 10 rings (SSSR count). The summed E-state index contributed by atoms with van der Waals surface area (Å²) in [6.45, 7) is 0. The summed E-state index contributed by atoms with van der Waals surface area (Å²) in [7, 11) is -1.71. The van der Waals surface area contributed by atoms with Crippen molar-refractivity contribution in [2.75, 3.05) is 4.90 Å². The van der Waals surface area contributed by atoms with Crippen molar-refractivity contribution in [3.8, 4) is 0 Å². The highest BCUT2D eigenvalue weighted by atomic mass is 32.3. The van der Waals surface area contributed by atoms with Gasteiger partial charge in [0.2, 0.25) is 0 Å². The molecule has 2 saturated heterocycles. The molecule has 0 bridgehead atoms. The number of anilines is 1. The average Bonchev–Trinajstić information content (AvgIpc) is 3.63. The van der Waals surface area contributed by atoms with Crippen LogP contribution in [-0.4, -0.2) is 17.5 Å². The first-order valence-corrected chi connectivity index (χ1v) is 22.1. The molecule has 6 atom stereocenters. The van der Waals surface area contributed by atoms with Crippen molar-refractivity contribution in [1.82, 2.24) is 16.0 Å². The van der Waals surface area contributed by atoms with Crippen LogP contribution >= 0.6 is 10.0 Å². The van der Waals surface area contributed by atoms with Crippen molar-refractivity contribution in [2.45, 2.75) is 66.8 Å². The molecule has 4 nitrogen and oxygen atoms in total. The maximum absolute atomic E-state index is 3.94. The number of rotatable bonds is 8. The molecule has 5 heteroatoms. The molecule has 0 saturated carbocycles. The van der Waals surface area contributed by atoms with Crippen LogP contribution in [-0.2, 0) is 0 Å². The van der Waals surface area contributed by atoms with Crippen LogP contribution in [0.5, 0.6) is 0 Å². The molecule has 2 heterocycles. The first kappa shape index (κ1) is 35.3. The zero-order valence-corrected chi connectivity index (χ0v) is 32.6. The molecule has 0 aromatic heterocycles. The van der Waals surface area contributed by atoms with E-state index in [2.05, 4.69) is 209 Å². The first-order valence-electron chi connectivity index (χ1n) is 20.4. The maximum Gasteiger partial charge on any atom is 0.0864 e. The van der Waals surface area contributed by atoms with Gasteiger partial charge in [-0.25, -0.2) is 0 Å². The fourth-order valence-corrected chi connectivity index (χ4v) is 14.9. The van der Waals surface area contributed by atoms with Crippen molar-refractivity contribution >= 4 is 15.7 Å². The Morgan fingerprint density at radius 1 is 0.589 bits per heavy atom. The van der Waals surface area contributed by atoms with Crippen LogP contribution < -0.4 is 20.9 Å². The number of benzene rings is 4. The van der Waals surface area contributed by atoms with E-state index in [4.69, 9.17) is 0 Å². The third-order valence-corrected chi connectivity index (χ3v) is 17.0. The Bertz CT molecular complexity index is 2250. The van der Waals surface area contributed by atoms with Gasteiger partial charge >= 0.3 is 0 Å². The minimum atomic E-state index is -1.71. The Kier molecular flexibility index (Phi) is 9.70.